The van der Waals surface area contributed by atoms with E-state index in [9.17, 15) is 8.78 Å². The van der Waals surface area contributed by atoms with Crippen LogP contribution in [0, 0.1) is 23.0 Å². The second-order valence-electron chi connectivity index (χ2n) is 4.46. The van der Waals surface area contributed by atoms with Crippen LogP contribution < -0.4 is 5.32 Å². The van der Waals surface area contributed by atoms with Gasteiger partial charge in [0.25, 0.3) is 0 Å². The fourth-order valence-electron chi connectivity index (χ4n) is 1.94. The first-order chi connectivity index (χ1) is 9.01. The lowest BCUT2D eigenvalue weighted by molar-refractivity contribution is 0.294. The summed E-state index contributed by atoms with van der Waals surface area (Å²) in [6, 6.07) is 3.71. The Labute approximate surface area is 112 Å². The number of nitrogens with one attached hydrogen (secondary N) is 1. The Kier molecular flexibility index (Phi) is 5.71. The standard InChI is InChI=1S/C14H19F2N3/c1-4-19(5-2)9-10(3)18-14-12(15)6-11(8-17)7-13(14)16/h6-7,10,18H,4-5,9H2,1-3H3. The lowest BCUT2D eigenvalue weighted by atomic mass is 10.2. The zero-order valence-electron chi connectivity index (χ0n) is 11.5. The fourth-order valence-corrected chi connectivity index (χ4v) is 1.94. The Balaban J connectivity index is 2.80. The van der Waals surface area contributed by atoms with Crippen LogP contribution in [0.4, 0.5) is 14.5 Å². The Morgan fingerprint density at radius 2 is 1.79 bits per heavy atom. The third-order valence-corrected chi connectivity index (χ3v) is 2.99. The first kappa shape index (κ1) is 15.4. The molecule has 1 N–H and O–H groups in total. The second kappa shape index (κ2) is 7.05. The van der Waals surface area contributed by atoms with E-state index in [2.05, 4.69) is 10.2 Å². The van der Waals surface area contributed by atoms with E-state index in [0.717, 1.165) is 25.2 Å². The van der Waals surface area contributed by atoms with Gasteiger partial charge < -0.3 is 10.2 Å². The van der Waals surface area contributed by atoms with Crippen LogP contribution in [0.5, 0.6) is 0 Å². The summed E-state index contributed by atoms with van der Waals surface area (Å²) in [5, 5.41) is 11.5. The van der Waals surface area contributed by atoms with Crippen molar-refractivity contribution in [3.63, 3.8) is 0 Å². The van der Waals surface area contributed by atoms with Crippen molar-refractivity contribution in [2.45, 2.75) is 26.8 Å². The number of likely N-dealkylation sites (N-methyl/N-ethyl adjacent to an activating group) is 1. The van der Waals surface area contributed by atoms with Gasteiger partial charge in [-0.3, -0.25) is 0 Å². The average molecular weight is 267 g/mol. The highest BCUT2D eigenvalue weighted by Crippen LogP contribution is 2.21. The summed E-state index contributed by atoms with van der Waals surface area (Å²) < 4.78 is 27.4. The molecule has 0 aromatic heterocycles. The monoisotopic (exact) mass is 267 g/mol. The van der Waals surface area contributed by atoms with Gasteiger partial charge >= 0.3 is 0 Å². The molecule has 19 heavy (non-hydrogen) atoms. The molecule has 3 nitrogen and oxygen atoms in total. The van der Waals surface area contributed by atoms with E-state index in [4.69, 9.17) is 5.26 Å². The largest absolute Gasteiger partial charge is 0.377 e. The molecular weight excluding hydrogens is 248 g/mol. The van der Waals surface area contributed by atoms with Gasteiger partial charge in [0.15, 0.2) is 11.6 Å². The molecule has 1 atom stereocenters. The van der Waals surface area contributed by atoms with Crippen LogP contribution in [0.2, 0.25) is 0 Å². The maximum Gasteiger partial charge on any atom is 0.150 e. The molecule has 0 spiro atoms. The predicted molar refractivity (Wildman–Crippen MR) is 71.9 cm³/mol. The molecule has 0 radical (unpaired) electrons. The Morgan fingerprint density at radius 3 is 2.21 bits per heavy atom. The number of hydrogen-bond donors (Lipinski definition) is 1. The summed E-state index contributed by atoms with van der Waals surface area (Å²) in [5.74, 6) is -1.47. The molecule has 1 rings (SSSR count). The maximum atomic E-state index is 13.7. The number of halogens is 2. The van der Waals surface area contributed by atoms with Gasteiger partial charge in [-0.1, -0.05) is 13.8 Å². The lowest BCUT2D eigenvalue weighted by Crippen LogP contribution is -2.35. The van der Waals surface area contributed by atoms with Gasteiger partial charge in [-0.05, 0) is 32.1 Å². The Hall–Kier alpha value is -1.67. The number of rotatable bonds is 6. The lowest BCUT2D eigenvalue weighted by Gasteiger charge is -2.24. The number of hydrogen-bond acceptors (Lipinski definition) is 3. The molecule has 0 aliphatic carbocycles. The van der Waals surface area contributed by atoms with Gasteiger partial charge in [-0.25, -0.2) is 8.78 Å². The maximum absolute atomic E-state index is 13.7. The first-order valence-corrected chi connectivity index (χ1v) is 6.39. The third kappa shape index (κ3) is 4.18. The Morgan fingerprint density at radius 1 is 1.26 bits per heavy atom. The molecule has 5 heteroatoms. The van der Waals surface area contributed by atoms with Crippen molar-refractivity contribution in [3.8, 4) is 6.07 Å². The zero-order valence-corrected chi connectivity index (χ0v) is 11.5. The summed E-state index contributed by atoms with van der Waals surface area (Å²) in [6.07, 6.45) is 0. The van der Waals surface area contributed by atoms with Gasteiger partial charge in [0, 0.05) is 12.6 Å². The van der Waals surface area contributed by atoms with E-state index in [-0.39, 0.29) is 17.3 Å². The molecule has 0 fully saturated rings. The van der Waals surface area contributed by atoms with Crippen molar-refractivity contribution < 1.29 is 8.78 Å². The van der Waals surface area contributed by atoms with Gasteiger partial charge in [0.05, 0.1) is 11.6 Å². The molecule has 1 aromatic carbocycles. The smallest absolute Gasteiger partial charge is 0.150 e. The summed E-state index contributed by atoms with van der Waals surface area (Å²) >= 11 is 0. The summed E-state index contributed by atoms with van der Waals surface area (Å²) in [5.41, 5.74) is -0.185. The van der Waals surface area contributed by atoms with Crippen LogP contribution in [0.25, 0.3) is 0 Å². The molecule has 1 aromatic rings. The number of nitriles is 1. The van der Waals surface area contributed by atoms with E-state index in [0.29, 0.717) is 6.54 Å². The van der Waals surface area contributed by atoms with Crippen molar-refractivity contribution in [1.82, 2.24) is 4.90 Å². The normalized spacial score (nSPS) is 12.3. The number of anilines is 1. The highest BCUT2D eigenvalue weighted by molar-refractivity contribution is 5.50. The zero-order chi connectivity index (χ0) is 14.4. The van der Waals surface area contributed by atoms with Crippen LogP contribution in [0.3, 0.4) is 0 Å². The van der Waals surface area contributed by atoms with Crippen LogP contribution in [0.15, 0.2) is 12.1 Å². The Bertz CT molecular complexity index is 441. The molecule has 0 saturated heterocycles. The minimum atomic E-state index is -0.733. The van der Waals surface area contributed by atoms with E-state index in [1.807, 2.05) is 20.8 Å². The third-order valence-electron chi connectivity index (χ3n) is 2.99. The van der Waals surface area contributed by atoms with Crippen LogP contribution in [-0.4, -0.2) is 30.6 Å². The van der Waals surface area contributed by atoms with E-state index >= 15 is 0 Å². The van der Waals surface area contributed by atoms with Crippen molar-refractivity contribution in [2.24, 2.45) is 0 Å². The van der Waals surface area contributed by atoms with E-state index in [1.165, 1.54) is 0 Å². The highest BCUT2D eigenvalue weighted by Gasteiger charge is 2.14. The minimum absolute atomic E-state index is 0.0167. The van der Waals surface area contributed by atoms with Crippen LogP contribution >= 0.6 is 0 Å². The molecule has 104 valence electrons. The SMILES string of the molecule is CCN(CC)CC(C)Nc1c(F)cc(C#N)cc1F. The van der Waals surface area contributed by atoms with Gasteiger partial charge in [-0.2, -0.15) is 5.26 Å². The van der Waals surface area contributed by atoms with Crippen molar-refractivity contribution in [1.29, 1.82) is 5.26 Å². The van der Waals surface area contributed by atoms with Gasteiger partial charge in [-0.15, -0.1) is 0 Å². The van der Waals surface area contributed by atoms with E-state index < -0.39 is 11.6 Å². The summed E-state index contributed by atoms with van der Waals surface area (Å²) in [4.78, 5) is 2.16. The molecule has 0 heterocycles. The molecular formula is C14H19F2N3. The summed E-state index contributed by atoms with van der Waals surface area (Å²) in [6.45, 7) is 8.43. The number of benzene rings is 1. The quantitative estimate of drug-likeness (QED) is 0.861. The van der Waals surface area contributed by atoms with E-state index in [1.54, 1.807) is 6.07 Å². The number of nitrogens with zero attached hydrogens (tertiary/aromatic N) is 2. The van der Waals surface area contributed by atoms with Crippen LogP contribution in [-0.2, 0) is 0 Å². The minimum Gasteiger partial charge on any atom is -0.377 e. The second-order valence-corrected chi connectivity index (χ2v) is 4.46. The van der Waals surface area contributed by atoms with Gasteiger partial charge in [0.2, 0.25) is 0 Å². The van der Waals surface area contributed by atoms with Crippen molar-refractivity contribution >= 4 is 5.69 Å². The average Bonchev–Trinajstić information content (AvgIpc) is 2.39. The van der Waals surface area contributed by atoms with Gasteiger partial charge in [0.1, 0.15) is 5.69 Å². The highest BCUT2D eigenvalue weighted by atomic mass is 19.1. The molecule has 0 amide bonds. The molecule has 0 bridgehead atoms. The topological polar surface area (TPSA) is 39.1 Å². The summed E-state index contributed by atoms with van der Waals surface area (Å²) in [7, 11) is 0. The first-order valence-electron chi connectivity index (χ1n) is 6.39. The molecule has 0 saturated carbocycles. The molecule has 1 unspecified atom stereocenters. The van der Waals surface area contributed by atoms with Crippen molar-refractivity contribution in [2.75, 3.05) is 25.0 Å². The predicted octanol–water partition coefficient (Wildman–Crippen LogP) is 2.98. The van der Waals surface area contributed by atoms with Crippen molar-refractivity contribution in [3.05, 3.63) is 29.3 Å². The molecule has 0 aliphatic heterocycles. The molecule has 0 aliphatic rings. The van der Waals surface area contributed by atoms with Crippen LogP contribution in [0.1, 0.15) is 26.3 Å². The fraction of sp³-hybridized carbons (Fsp3) is 0.500.